The van der Waals surface area contributed by atoms with Crippen LogP contribution >= 0.6 is 0 Å². The molecule has 2 heterocycles. The van der Waals surface area contributed by atoms with E-state index in [1.54, 1.807) is 24.4 Å². The second-order valence-corrected chi connectivity index (χ2v) is 11.9. The van der Waals surface area contributed by atoms with Gasteiger partial charge in [-0.2, -0.15) is 0 Å². The maximum atomic E-state index is 14.0. The maximum Gasteiger partial charge on any atom is 0.268 e. The molecule has 0 saturated heterocycles. The Morgan fingerprint density at radius 2 is 1.62 bits per heavy atom. The van der Waals surface area contributed by atoms with Crippen LogP contribution in [0.2, 0.25) is 0 Å². The third-order valence-electron chi connectivity index (χ3n) is 7.44. The zero-order chi connectivity index (χ0) is 27.0. The number of hydrogen-bond acceptors (Lipinski definition) is 4. The molecule has 0 atom stereocenters. The Morgan fingerprint density at radius 3 is 2.38 bits per heavy atom. The molecule has 6 nitrogen and oxygen atoms in total. The van der Waals surface area contributed by atoms with E-state index in [1.165, 1.54) is 14.6 Å². The molecule has 39 heavy (non-hydrogen) atoms. The Labute approximate surface area is 228 Å². The van der Waals surface area contributed by atoms with Gasteiger partial charge in [0.15, 0.2) is 0 Å². The molecule has 1 aliphatic rings. The number of aryl methyl sites for hydroxylation is 2. The third-order valence-corrected chi connectivity index (χ3v) is 9.20. The SMILES string of the molecule is Cc1ccc(S(=O)(=O)n2c3c(c4ccc(-n5ccc(OCc6ccccc6)cc5=O)cc42)CCCCC3)cc1. The van der Waals surface area contributed by atoms with Gasteiger partial charge in [-0.25, -0.2) is 12.4 Å². The molecule has 6 rings (SSSR count). The Balaban J connectivity index is 1.43. The van der Waals surface area contributed by atoms with Crippen molar-refractivity contribution in [1.82, 2.24) is 8.54 Å². The normalized spacial score (nSPS) is 13.7. The van der Waals surface area contributed by atoms with Crippen LogP contribution < -0.4 is 10.3 Å². The highest BCUT2D eigenvalue weighted by molar-refractivity contribution is 7.90. The number of ether oxygens (including phenoxy) is 1. The lowest BCUT2D eigenvalue weighted by Crippen LogP contribution is -2.18. The number of rotatable bonds is 6. The summed E-state index contributed by atoms with van der Waals surface area (Å²) in [7, 11) is -3.84. The standard InChI is InChI=1S/C32H30N2O4S/c1-23-12-15-27(16-13-23)39(36,37)34-30-11-7-3-6-10-28(30)29-17-14-25(20-31(29)34)33-19-18-26(21-32(33)35)38-22-24-8-4-2-5-9-24/h2,4-5,8-9,12-21H,3,6-7,10-11,22H2,1H3. The average Bonchev–Trinajstić information content (AvgIpc) is 3.07. The Morgan fingerprint density at radius 1 is 0.846 bits per heavy atom. The van der Waals surface area contributed by atoms with Gasteiger partial charge in [0, 0.05) is 23.3 Å². The fourth-order valence-corrected chi connectivity index (χ4v) is 7.01. The van der Waals surface area contributed by atoms with E-state index in [1.807, 2.05) is 67.6 Å². The molecule has 0 unspecified atom stereocenters. The van der Waals surface area contributed by atoms with E-state index in [2.05, 4.69) is 0 Å². The Hall–Kier alpha value is -4.10. The largest absolute Gasteiger partial charge is 0.489 e. The van der Waals surface area contributed by atoms with Gasteiger partial charge < -0.3 is 4.74 Å². The summed E-state index contributed by atoms with van der Waals surface area (Å²) in [6.07, 6.45) is 6.28. The summed E-state index contributed by atoms with van der Waals surface area (Å²) in [4.78, 5) is 13.4. The van der Waals surface area contributed by atoms with Gasteiger partial charge in [-0.15, -0.1) is 0 Å². The molecular formula is C32H30N2O4S. The Kier molecular flexibility index (Phi) is 6.61. The number of hydrogen-bond donors (Lipinski definition) is 0. The molecule has 0 bridgehead atoms. The summed E-state index contributed by atoms with van der Waals surface area (Å²) in [5.41, 5.74) is 4.94. The smallest absolute Gasteiger partial charge is 0.268 e. The molecule has 0 spiro atoms. The lowest BCUT2D eigenvalue weighted by Gasteiger charge is -2.13. The topological polar surface area (TPSA) is 70.3 Å². The van der Waals surface area contributed by atoms with Crippen LogP contribution in [-0.2, 0) is 29.5 Å². The van der Waals surface area contributed by atoms with E-state index >= 15 is 0 Å². The molecule has 0 N–H and O–H groups in total. The van der Waals surface area contributed by atoms with Crippen LogP contribution in [0.15, 0.2) is 101 Å². The summed E-state index contributed by atoms with van der Waals surface area (Å²) in [6, 6.07) is 25.7. The van der Waals surface area contributed by atoms with Crippen molar-refractivity contribution < 1.29 is 13.2 Å². The zero-order valence-corrected chi connectivity index (χ0v) is 22.7. The number of benzene rings is 3. The minimum Gasteiger partial charge on any atom is -0.489 e. The lowest BCUT2D eigenvalue weighted by molar-refractivity contribution is 0.305. The van der Waals surface area contributed by atoms with Gasteiger partial charge in [-0.1, -0.05) is 60.5 Å². The second-order valence-electron chi connectivity index (χ2n) is 10.1. The van der Waals surface area contributed by atoms with Crippen molar-refractivity contribution in [2.24, 2.45) is 0 Å². The number of pyridine rings is 1. The van der Waals surface area contributed by atoms with Crippen molar-refractivity contribution in [2.45, 2.75) is 50.5 Å². The van der Waals surface area contributed by atoms with Crippen molar-refractivity contribution in [3.63, 3.8) is 0 Å². The monoisotopic (exact) mass is 538 g/mol. The van der Waals surface area contributed by atoms with Gasteiger partial charge in [0.05, 0.1) is 16.1 Å². The van der Waals surface area contributed by atoms with Crippen LogP contribution in [-0.4, -0.2) is 17.0 Å². The van der Waals surface area contributed by atoms with E-state index in [0.717, 1.165) is 53.5 Å². The molecule has 3 aromatic carbocycles. The summed E-state index contributed by atoms with van der Waals surface area (Å²) in [5.74, 6) is 0.484. The maximum absolute atomic E-state index is 14.0. The molecule has 1 aliphatic carbocycles. The van der Waals surface area contributed by atoms with Crippen LogP contribution in [0.3, 0.4) is 0 Å². The summed E-state index contributed by atoms with van der Waals surface area (Å²) in [5, 5.41) is 0.933. The number of aromatic nitrogens is 2. The van der Waals surface area contributed by atoms with Gasteiger partial charge in [0.1, 0.15) is 12.4 Å². The van der Waals surface area contributed by atoms with Crippen LogP contribution in [0.1, 0.15) is 41.6 Å². The van der Waals surface area contributed by atoms with E-state index < -0.39 is 10.0 Å². The zero-order valence-electron chi connectivity index (χ0n) is 21.8. The van der Waals surface area contributed by atoms with Crippen molar-refractivity contribution in [3.05, 3.63) is 124 Å². The van der Waals surface area contributed by atoms with Crippen LogP contribution in [0.5, 0.6) is 5.75 Å². The predicted molar refractivity (Wildman–Crippen MR) is 153 cm³/mol. The highest BCUT2D eigenvalue weighted by atomic mass is 32.2. The molecule has 0 saturated carbocycles. The van der Waals surface area contributed by atoms with Crippen LogP contribution in [0.4, 0.5) is 0 Å². The van der Waals surface area contributed by atoms with Gasteiger partial charge >= 0.3 is 0 Å². The minimum absolute atomic E-state index is 0.249. The van der Waals surface area contributed by atoms with Gasteiger partial charge in [-0.3, -0.25) is 9.36 Å². The van der Waals surface area contributed by atoms with Crippen molar-refractivity contribution in [3.8, 4) is 11.4 Å². The molecule has 7 heteroatoms. The molecule has 198 valence electrons. The quantitative estimate of drug-likeness (QED) is 0.242. The van der Waals surface area contributed by atoms with Crippen LogP contribution in [0, 0.1) is 6.92 Å². The first kappa shape index (κ1) is 25.2. The molecule has 0 aliphatic heterocycles. The number of fused-ring (bicyclic) bond motifs is 3. The summed E-state index contributed by atoms with van der Waals surface area (Å²) < 4.78 is 36.9. The minimum atomic E-state index is -3.84. The van der Waals surface area contributed by atoms with Gasteiger partial charge in [-0.05, 0) is 74.1 Å². The highest BCUT2D eigenvalue weighted by Gasteiger charge is 2.28. The predicted octanol–water partition coefficient (Wildman–Crippen LogP) is 6.19. The summed E-state index contributed by atoms with van der Waals surface area (Å²) in [6.45, 7) is 2.31. The first-order valence-corrected chi connectivity index (χ1v) is 14.7. The third kappa shape index (κ3) is 4.79. The molecule has 2 aromatic heterocycles. The van der Waals surface area contributed by atoms with E-state index in [9.17, 15) is 13.2 Å². The van der Waals surface area contributed by atoms with E-state index in [4.69, 9.17) is 4.74 Å². The van der Waals surface area contributed by atoms with Crippen molar-refractivity contribution in [1.29, 1.82) is 0 Å². The first-order valence-electron chi connectivity index (χ1n) is 13.3. The number of nitrogens with zero attached hydrogens (tertiary/aromatic N) is 2. The Bertz CT molecular complexity index is 1820. The van der Waals surface area contributed by atoms with E-state index in [-0.39, 0.29) is 10.5 Å². The fraction of sp³-hybridized carbons (Fsp3) is 0.219. The molecular weight excluding hydrogens is 508 g/mol. The lowest BCUT2D eigenvalue weighted by atomic mass is 10.1. The van der Waals surface area contributed by atoms with Crippen molar-refractivity contribution in [2.75, 3.05) is 0 Å². The molecule has 0 fully saturated rings. The molecule has 0 amide bonds. The average molecular weight is 539 g/mol. The summed E-state index contributed by atoms with van der Waals surface area (Å²) >= 11 is 0. The second kappa shape index (κ2) is 10.2. The first-order chi connectivity index (χ1) is 18.9. The van der Waals surface area contributed by atoms with Crippen LogP contribution in [0.25, 0.3) is 16.6 Å². The highest BCUT2D eigenvalue weighted by Crippen LogP contribution is 2.35. The molecule has 0 radical (unpaired) electrons. The van der Waals surface area contributed by atoms with Gasteiger partial charge in [0.2, 0.25) is 0 Å². The molecule has 5 aromatic rings. The fourth-order valence-electron chi connectivity index (χ4n) is 5.41. The van der Waals surface area contributed by atoms with Crippen molar-refractivity contribution >= 4 is 20.9 Å². The van der Waals surface area contributed by atoms with E-state index in [0.29, 0.717) is 30.0 Å². The van der Waals surface area contributed by atoms with Gasteiger partial charge in [0.25, 0.3) is 15.6 Å².